The monoisotopic (exact) mass is 1470 g/mol. The van der Waals surface area contributed by atoms with Crippen molar-refractivity contribution >= 4 is 224 Å². The smallest absolute Gasteiger partial charge is 0.235 e. The maximum atomic E-state index is 5.81. The maximum absolute atomic E-state index is 5.81. The largest absolute Gasteiger partial charge is 0.277 e. The Bertz CT molecular complexity index is 8370. The lowest BCUT2D eigenvalue weighted by molar-refractivity contribution is 1.02. The summed E-state index contributed by atoms with van der Waals surface area (Å²) in [5.41, 5.74) is 17.1. The van der Waals surface area contributed by atoms with Crippen LogP contribution in [0.4, 0.5) is 0 Å². The normalized spacial score (nSPS) is 12.4. The number of nitrogens with zero attached hydrogens (tertiary/aromatic N) is 6. The molecule has 8 heterocycles. The van der Waals surface area contributed by atoms with Crippen LogP contribution in [0, 0.1) is 0 Å². The summed E-state index contributed by atoms with van der Waals surface area (Å²) in [4.78, 5) is 22.9. The molecule has 0 saturated carbocycles. The van der Waals surface area contributed by atoms with Gasteiger partial charge in [0.05, 0.1) is 49.2 Å². The van der Waals surface area contributed by atoms with Crippen LogP contribution in [-0.4, -0.2) is 29.1 Å². The summed E-state index contributed by atoms with van der Waals surface area (Å²) >= 11 is 7.46. The van der Waals surface area contributed by atoms with Crippen molar-refractivity contribution in [3.8, 4) is 67.8 Å². The standard InChI is InChI=1S/C100H54N6S4/c1-2-21-55(22-3-1)58-26-18-27-62(51-58)90-98-92(74-36-14-17-42-81(74)108-98)104-100(102-90)105-79-41-16-13-35-72(79)89-94(105)68-31-9-8-30-66(68)86-73-47-43-61(54-84(73)109-97(86)89)65-37-20-39-75-88-87-76-52-59(60-46-49-82-77(53-60)85-64-29-7-5-24-57(64)45-50-83(85)107-82)44-48-80(76)106(93(87)69-32-10-11-33-70(69)96(88)110-95(65)75)99-101-78-40-15-12-34-71(78)91(103-99)67-38-19-25-56-23-4-6-28-63(56)67/h1-54H. The number of fused-ring (bicyclic) bond motifs is 30. The minimum absolute atomic E-state index is 0.630. The molecule has 0 aliphatic rings. The lowest BCUT2D eigenvalue weighted by Crippen LogP contribution is -2.04. The van der Waals surface area contributed by atoms with Crippen molar-refractivity contribution < 1.29 is 0 Å². The van der Waals surface area contributed by atoms with Gasteiger partial charge < -0.3 is 0 Å². The van der Waals surface area contributed by atoms with E-state index in [2.05, 4.69) is 337 Å². The van der Waals surface area contributed by atoms with Gasteiger partial charge in [-0.15, -0.1) is 45.3 Å². The van der Waals surface area contributed by atoms with E-state index in [1.807, 2.05) is 34.0 Å². The molecule has 0 atom stereocenters. The molecule has 0 N–H and O–H groups in total. The third-order valence-corrected chi connectivity index (χ3v) is 27.8. The highest BCUT2D eigenvalue weighted by atomic mass is 32.1. The molecule has 17 aromatic carbocycles. The molecule has 110 heavy (non-hydrogen) atoms. The Balaban J connectivity index is 0.722. The number of rotatable bonds is 7. The molecule has 8 aromatic heterocycles. The van der Waals surface area contributed by atoms with E-state index in [4.69, 9.17) is 19.9 Å². The van der Waals surface area contributed by atoms with E-state index in [0.29, 0.717) is 11.9 Å². The first-order valence-corrected chi connectivity index (χ1v) is 40.4. The zero-order valence-electron chi connectivity index (χ0n) is 58.5. The van der Waals surface area contributed by atoms with Gasteiger partial charge >= 0.3 is 0 Å². The van der Waals surface area contributed by atoms with E-state index in [1.54, 1.807) is 11.3 Å². The van der Waals surface area contributed by atoms with Crippen molar-refractivity contribution in [3.05, 3.63) is 328 Å². The molecule has 0 radical (unpaired) electrons. The Labute approximate surface area is 643 Å². The topological polar surface area (TPSA) is 61.4 Å². The second-order valence-corrected chi connectivity index (χ2v) is 33.2. The zero-order chi connectivity index (χ0) is 71.6. The molecule has 0 amide bonds. The number of benzene rings is 17. The van der Waals surface area contributed by atoms with Crippen LogP contribution in [-0.2, 0) is 0 Å². The number of thiophene rings is 4. The van der Waals surface area contributed by atoms with Crippen LogP contribution < -0.4 is 0 Å². The van der Waals surface area contributed by atoms with Crippen LogP contribution in [0.3, 0.4) is 0 Å². The van der Waals surface area contributed by atoms with Crippen molar-refractivity contribution in [2.24, 2.45) is 0 Å². The molecule has 0 aliphatic carbocycles. The van der Waals surface area contributed by atoms with E-state index in [1.165, 1.54) is 131 Å². The lowest BCUT2D eigenvalue weighted by Gasteiger charge is -2.14. The van der Waals surface area contributed by atoms with E-state index in [9.17, 15) is 0 Å². The average molecular weight is 1470 g/mol. The second-order valence-electron chi connectivity index (χ2n) is 28.9. The van der Waals surface area contributed by atoms with Crippen LogP contribution in [0.25, 0.3) is 246 Å². The molecule has 25 rings (SSSR count). The van der Waals surface area contributed by atoms with Crippen LogP contribution >= 0.6 is 45.3 Å². The fourth-order valence-electron chi connectivity index (χ4n) is 18.3. The quantitative estimate of drug-likeness (QED) is 0.160. The predicted molar refractivity (Wildman–Crippen MR) is 473 cm³/mol. The predicted octanol–water partition coefficient (Wildman–Crippen LogP) is 29.0. The van der Waals surface area contributed by atoms with Gasteiger partial charge in [0.2, 0.25) is 11.9 Å². The molecular weight excluding hydrogens is 1410 g/mol. The summed E-state index contributed by atoms with van der Waals surface area (Å²) in [5, 5.41) is 24.0. The fourth-order valence-corrected chi connectivity index (χ4v) is 23.2. The van der Waals surface area contributed by atoms with Crippen LogP contribution in [0.2, 0.25) is 0 Å². The van der Waals surface area contributed by atoms with Gasteiger partial charge in [-0.1, -0.05) is 267 Å². The molecule has 0 saturated heterocycles. The van der Waals surface area contributed by atoms with Gasteiger partial charge in [-0.3, -0.25) is 9.13 Å². The fraction of sp³-hybridized carbons (Fsp3) is 0. The molecule has 6 nitrogen and oxygen atoms in total. The highest BCUT2D eigenvalue weighted by Crippen LogP contribution is 2.54. The van der Waals surface area contributed by atoms with Gasteiger partial charge in [-0.05, 0) is 121 Å². The minimum Gasteiger partial charge on any atom is -0.277 e. The molecule has 10 heteroatoms. The summed E-state index contributed by atoms with van der Waals surface area (Å²) < 4.78 is 14.6. The molecule has 0 fully saturated rings. The Kier molecular flexibility index (Phi) is 12.8. The summed E-state index contributed by atoms with van der Waals surface area (Å²) in [6.07, 6.45) is 0. The molecule has 0 spiro atoms. The highest BCUT2D eigenvalue weighted by molar-refractivity contribution is 7.28. The summed E-state index contributed by atoms with van der Waals surface area (Å²) in [6, 6.07) is 121. The van der Waals surface area contributed by atoms with Crippen molar-refractivity contribution in [2.45, 2.75) is 0 Å². The van der Waals surface area contributed by atoms with E-state index < -0.39 is 0 Å². The van der Waals surface area contributed by atoms with Crippen molar-refractivity contribution in [1.29, 1.82) is 0 Å². The minimum atomic E-state index is 0.630. The molecular formula is C100H54N6S4. The molecule has 0 bridgehead atoms. The molecule has 25 aromatic rings. The lowest BCUT2D eigenvalue weighted by atomic mass is 9.95. The first kappa shape index (κ1) is 60.8. The summed E-state index contributed by atoms with van der Waals surface area (Å²) in [6.45, 7) is 0. The van der Waals surface area contributed by atoms with Gasteiger partial charge in [0, 0.05) is 125 Å². The SMILES string of the molecule is c1ccc(-c2cccc(-c3nc(-n4c5ccccc5c5c6sc7cc(-c8cccc9c8sc8c%10ccccc%10c%10c(c%11cc(-c%12ccc%13sc%14ccc%15ccccc%15c%14c%13c%12)ccc%11n%10-c%10nc(-c%11cccc%12ccccc%11%12)c%11ccccc%11n%10)c98)ccc7c6c6ccccc6c54)nc4c3sc3ccccc34)c2)cc1. The van der Waals surface area contributed by atoms with Crippen LogP contribution in [0.15, 0.2) is 328 Å². The number of aromatic nitrogens is 6. The van der Waals surface area contributed by atoms with Crippen LogP contribution in [0.5, 0.6) is 0 Å². The summed E-state index contributed by atoms with van der Waals surface area (Å²) in [5.74, 6) is 1.28. The average Bonchev–Trinajstić information content (AvgIpc) is 1.55. The third-order valence-electron chi connectivity index (χ3n) is 23.1. The van der Waals surface area contributed by atoms with E-state index in [-0.39, 0.29) is 0 Å². The van der Waals surface area contributed by atoms with E-state index in [0.717, 1.165) is 104 Å². The van der Waals surface area contributed by atoms with Gasteiger partial charge in [0.1, 0.15) is 0 Å². The van der Waals surface area contributed by atoms with Gasteiger partial charge in [-0.25, -0.2) is 19.9 Å². The summed E-state index contributed by atoms with van der Waals surface area (Å²) in [7, 11) is 0. The van der Waals surface area contributed by atoms with Gasteiger partial charge in [0.25, 0.3) is 0 Å². The maximum Gasteiger partial charge on any atom is 0.235 e. The number of hydrogen-bond acceptors (Lipinski definition) is 8. The van der Waals surface area contributed by atoms with Gasteiger partial charge in [0.15, 0.2) is 0 Å². The van der Waals surface area contributed by atoms with Crippen LogP contribution in [0.1, 0.15) is 0 Å². The first-order chi connectivity index (χ1) is 54.5. The molecule has 0 unspecified atom stereocenters. The number of para-hydroxylation sites is 2. The Morgan fingerprint density at radius 2 is 0.791 bits per heavy atom. The van der Waals surface area contributed by atoms with Crippen molar-refractivity contribution in [3.63, 3.8) is 0 Å². The number of hydrogen-bond donors (Lipinski definition) is 0. The Morgan fingerprint density at radius 3 is 1.65 bits per heavy atom. The third kappa shape index (κ3) is 8.66. The molecule has 0 aliphatic heterocycles. The second kappa shape index (κ2) is 23.1. The van der Waals surface area contributed by atoms with Gasteiger partial charge in [-0.2, -0.15) is 0 Å². The highest BCUT2D eigenvalue weighted by Gasteiger charge is 2.29. The molecule has 508 valence electrons. The van der Waals surface area contributed by atoms with Crippen molar-refractivity contribution in [1.82, 2.24) is 29.1 Å². The Hall–Kier alpha value is -13.3. The van der Waals surface area contributed by atoms with Crippen molar-refractivity contribution in [2.75, 3.05) is 0 Å². The zero-order valence-corrected chi connectivity index (χ0v) is 61.8. The van der Waals surface area contributed by atoms with E-state index >= 15 is 0 Å². The Morgan fingerprint density at radius 1 is 0.218 bits per heavy atom. The first-order valence-electron chi connectivity index (χ1n) is 37.1.